The Balaban J connectivity index is 1.27. The second kappa shape index (κ2) is 8.19. The molecule has 8 rings (SSSR count). The maximum atomic E-state index is 14.3. The molecule has 0 radical (unpaired) electrons. The molecule has 0 saturated carbocycles. The highest BCUT2D eigenvalue weighted by Gasteiger charge is 2.70. The molecule has 3 aromatic carbocycles. The van der Waals surface area contributed by atoms with Crippen LogP contribution in [0.3, 0.4) is 0 Å². The zero-order valence-electron chi connectivity index (χ0n) is 21.7. The number of aromatic nitrogens is 1. The van der Waals surface area contributed by atoms with E-state index in [-0.39, 0.29) is 11.8 Å². The smallest absolute Gasteiger partial charge is 0.250 e. The third-order valence-corrected chi connectivity index (χ3v) is 8.77. The number of nitrogens with one attached hydrogen (secondary N) is 3. The van der Waals surface area contributed by atoms with Crippen molar-refractivity contribution in [3.05, 3.63) is 83.6 Å². The summed E-state index contributed by atoms with van der Waals surface area (Å²) < 4.78 is 11.4. The predicted octanol–water partition coefficient (Wildman–Crippen LogP) is 3.42. The van der Waals surface area contributed by atoms with Gasteiger partial charge in [-0.15, -0.1) is 0 Å². The van der Waals surface area contributed by atoms with Crippen LogP contribution in [0.1, 0.15) is 16.7 Å². The van der Waals surface area contributed by atoms with Crippen molar-refractivity contribution < 1.29 is 23.9 Å². The molecule has 40 heavy (non-hydrogen) atoms. The lowest BCUT2D eigenvalue weighted by Gasteiger charge is -2.30. The number of benzene rings is 3. The van der Waals surface area contributed by atoms with Crippen LogP contribution in [0, 0.1) is 18.8 Å². The fourth-order valence-corrected chi connectivity index (χ4v) is 7.05. The minimum absolute atomic E-state index is 0.310. The summed E-state index contributed by atoms with van der Waals surface area (Å²) in [7, 11) is 0. The van der Waals surface area contributed by atoms with E-state index in [9.17, 15) is 14.4 Å². The van der Waals surface area contributed by atoms with Gasteiger partial charge in [-0.2, -0.15) is 0 Å². The van der Waals surface area contributed by atoms with Crippen LogP contribution in [0.4, 0.5) is 11.4 Å². The number of aromatic amines is 1. The highest BCUT2D eigenvalue weighted by molar-refractivity contribution is 6.26. The predicted molar refractivity (Wildman–Crippen MR) is 147 cm³/mol. The number of anilines is 2. The van der Waals surface area contributed by atoms with Crippen LogP contribution in [0.2, 0.25) is 0 Å². The van der Waals surface area contributed by atoms with E-state index < -0.39 is 29.3 Å². The second-order valence-electron chi connectivity index (χ2n) is 11.0. The van der Waals surface area contributed by atoms with Crippen LogP contribution in [-0.2, 0) is 26.3 Å². The first-order chi connectivity index (χ1) is 19.5. The number of amides is 3. The van der Waals surface area contributed by atoms with Crippen molar-refractivity contribution in [1.29, 1.82) is 0 Å². The Kier molecular flexibility index (Phi) is 4.76. The lowest BCUT2D eigenvalue weighted by Crippen LogP contribution is -2.53. The van der Waals surface area contributed by atoms with E-state index in [1.54, 1.807) is 18.2 Å². The van der Waals surface area contributed by atoms with Gasteiger partial charge in [-0.3, -0.25) is 19.7 Å². The minimum atomic E-state index is -1.36. The zero-order chi connectivity index (χ0) is 27.2. The minimum Gasteiger partial charge on any atom is -0.486 e. The van der Waals surface area contributed by atoms with Gasteiger partial charge in [0.05, 0.1) is 17.5 Å². The first-order valence-electron chi connectivity index (χ1n) is 13.5. The second-order valence-corrected chi connectivity index (χ2v) is 11.0. The van der Waals surface area contributed by atoms with Crippen LogP contribution in [0.25, 0.3) is 10.9 Å². The third kappa shape index (κ3) is 3.03. The summed E-state index contributed by atoms with van der Waals surface area (Å²) in [6, 6.07) is 18.3. The van der Waals surface area contributed by atoms with Crippen molar-refractivity contribution in [2.45, 2.75) is 24.9 Å². The number of rotatable bonds is 3. The van der Waals surface area contributed by atoms with Crippen molar-refractivity contribution in [2.75, 3.05) is 23.4 Å². The fourth-order valence-electron chi connectivity index (χ4n) is 7.05. The molecule has 2 unspecified atom stereocenters. The van der Waals surface area contributed by atoms with E-state index in [0.717, 1.165) is 22.0 Å². The first-order valence-corrected chi connectivity index (χ1v) is 13.5. The normalized spacial score (nSPS) is 26.5. The zero-order valence-corrected chi connectivity index (χ0v) is 21.7. The molecule has 4 aromatic rings. The molecule has 5 heterocycles. The van der Waals surface area contributed by atoms with Crippen molar-refractivity contribution in [3.63, 3.8) is 0 Å². The molecule has 2 saturated heterocycles. The molecule has 200 valence electrons. The van der Waals surface area contributed by atoms with Gasteiger partial charge in [-0.25, -0.2) is 4.90 Å². The van der Waals surface area contributed by atoms with Crippen molar-refractivity contribution in [3.8, 4) is 11.5 Å². The average molecular weight is 535 g/mol. The van der Waals surface area contributed by atoms with Crippen LogP contribution in [-0.4, -0.2) is 42.0 Å². The molecule has 4 atom stereocenters. The number of carbonyl (C=O) groups is 3. The van der Waals surface area contributed by atoms with Gasteiger partial charge < -0.3 is 19.8 Å². The molecular weight excluding hydrogens is 508 g/mol. The third-order valence-electron chi connectivity index (χ3n) is 8.77. The van der Waals surface area contributed by atoms with E-state index in [0.29, 0.717) is 48.1 Å². The van der Waals surface area contributed by atoms with Gasteiger partial charge in [-0.1, -0.05) is 35.9 Å². The number of hydrogen-bond donors (Lipinski definition) is 3. The molecule has 4 aliphatic heterocycles. The van der Waals surface area contributed by atoms with E-state index in [1.807, 2.05) is 55.6 Å². The molecule has 1 spiro atoms. The van der Waals surface area contributed by atoms with E-state index in [1.165, 1.54) is 4.90 Å². The number of nitrogens with zero attached hydrogens (tertiary/aromatic N) is 1. The number of hydrogen-bond acceptors (Lipinski definition) is 6. The molecule has 9 heteroatoms. The van der Waals surface area contributed by atoms with Gasteiger partial charge in [0.2, 0.25) is 17.7 Å². The molecule has 0 aliphatic carbocycles. The van der Waals surface area contributed by atoms with Gasteiger partial charge in [0.1, 0.15) is 18.8 Å². The Hall–Kier alpha value is -4.63. The van der Waals surface area contributed by atoms with Crippen molar-refractivity contribution in [2.24, 2.45) is 11.8 Å². The first kappa shape index (κ1) is 23.3. The van der Waals surface area contributed by atoms with Crippen LogP contribution in [0.5, 0.6) is 11.5 Å². The summed E-state index contributed by atoms with van der Waals surface area (Å²) in [4.78, 5) is 47.0. The molecular formula is C31H26N4O5. The standard InChI is InChI=1S/C31H26N4O5/c1-16-6-8-22-20(12-16)31(30(38)33-22)27-26(23(34-31)13-17-15-32-21-5-3-2-4-19(17)21)28(36)35(29(27)37)18-7-9-24-25(14-18)40-11-10-39-24/h2-9,12,14-15,23,26-27,32,34H,10-11,13H2,1H3,(H,33,38)/t23?,26-,27+,31?/m1/s1. The number of imide groups is 1. The Labute approximate surface area is 229 Å². The molecule has 3 amide bonds. The largest absolute Gasteiger partial charge is 0.486 e. The Bertz CT molecular complexity index is 1760. The van der Waals surface area contributed by atoms with Crippen LogP contribution < -0.4 is 25.0 Å². The lowest BCUT2D eigenvalue weighted by molar-refractivity contribution is -0.130. The Morgan fingerprint density at radius 3 is 2.65 bits per heavy atom. The molecule has 9 nitrogen and oxygen atoms in total. The van der Waals surface area contributed by atoms with Gasteiger partial charge in [-0.05, 0) is 43.2 Å². The Morgan fingerprint density at radius 1 is 0.950 bits per heavy atom. The number of H-pyrrole nitrogens is 1. The van der Waals surface area contributed by atoms with Gasteiger partial charge >= 0.3 is 0 Å². The topological polar surface area (TPSA) is 113 Å². The maximum Gasteiger partial charge on any atom is 0.250 e. The highest BCUT2D eigenvalue weighted by atomic mass is 16.6. The average Bonchev–Trinajstić information content (AvgIpc) is 3.67. The molecule has 2 fully saturated rings. The van der Waals surface area contributed by atoms with Gasteiger partial charge in [0.15, 0.2) is 11.5 Å². The molecule has 1 aromatic heterocycles. The lowest BCUT2D eigenvalue weighted by atomic mass is 9.76. The summed E-state index contributed by atoms with van der Waals surface area (Å²) >= 11 is 0. The number of carbonyl (C=O) groups excluding carboxylic acids is 3. The van der Waals surface area contributed by atoms with Crippen LogP contribution >= 0.6 is 0 Å². The van der Waals surface area contributed by atoms with Gasteiger partial charge in [0.25, 0.3) is 0 Å². The molecule has 4 aliphatic rings. The molecule has 3 N–H and O–H groups in total. The quantitative estimate of drug-likeness (QED) is 0.347. The SMILES string of the molecule is Cc1ccc2c(c1)C1(NC(Cc3c[nH]c4ccccc34)[C@H]3C(=O)N(c4ccc5c(c4)OCCO5)C(=O)[C@H]31)C(=O)N2. The summed E-state index contributed by atoms with van der Waals surface area (Å²) in [6.07, 6.45) is 2.41. The summed E-state index contributed by atoms with van der Waals surface area (Å²) in [5.74, 6) is -1.62. The van der Waals surface area contributed by atoms with Crippen molar-refractivity contribution >= 4 is 40.0 Å². The fraction of sp³-hybridized carbons (Fsp3) is 0.258. The summed E-state index contributed by atoms with van der Waals surface area (Å²) in [5, 5.41) is 7.58. The van der Waals surface area contributed by atoms with Crippen LogP contribution in [0.15, 0.2) is 66.9 Å². The number of para-hydroxylation sites is 1. The summed E-state index contributed by atoms with van der Waals surface area (Å²) in [5.41, 5.74) is 3.40. The highest BCUT2D eigenvalue weighted by Crippen LogP contribution is 2.54. The van der Waals surface area contributed by atoms with Gasteiger partial charge in [0, 0.05) is 40.5 Å². The summed E-state index contributed by atoms with van der Waals surface area (Å²) in [6.45, 7) is 2.78. The monoisotopic (exact) mass is 534 g/mol. The number of aryl methyl sites for hydroxylation is 1. The number of ether oxygens (including phenoxy) is 2. The van der Waals surface area contributed by atoms with E-state index >= 15 is 0 Å². The van der Waals surface area contributed by atoms with E-state index in [2.05, 4.69) is 15.6 Å². The maximum absolute atomic E-state index is 14.3. The Morgan fingerprint density at radius 2 is 1.77 bits per heavy atom. The van der Waals surface area contributed by atoms with Crippen molar-refractivity contribution in [1.82, 2.24) is 10.3 Å². The van der Waals surface area contributed by atoms with E-state index in [4.69, 9.17) is 9.47 Å². The number of fused-ring (bicyclic) bond motifs is 6. The molecule has 0 bridgehead atoms.